The zero-order chi connectivity index (χ0) is 11.0. The van der Waals surface area contributed by atoms with Crippen LogP contribution in [0.25, 0.3) is 0 Å². The quantitative estimate of drug-likeness (QED) is 0.573. The highest BCUT2D eigenvalue weighted by atomic mass is 14.4. The lowest BCUT2D eigenvalue weighted by molar-refractivity contribution is 0.551. The van der Waals surface area contributed by atoms with E-state index >= 15 is 0 Å². The Bertz CT molecular complexity index is 330. The molecule has 4 rings (SSSR count). The fourth-order valence-corrected chi connectivity index (χ4v) is 3.42. The van der Waals surface area contributed by atoms with Gasteiger partial charge in [-0.2, -0.15) is 0 Å². The third-order valence-corrected chi connectivity index (χ3v) is 4.39. The van der Waals surface area contributed by atoms with Crippen LogP contribution in [0, 0.1) is 29.6 Å². The summed E-state index contributed by atoms with van der Waals surface area (Å²) in [5, 5.41) is 0. The SMILES string of the molecule is C1=CC2C=CC1C2.C=CC1CC2C=CC1C2. The average molecular weight is 212 g/mol. The molecule has 0 aromatic heterocycles. The van der Waals surface area contributed by atoms with Gasteiger partial charge in [-0.25, -0.2) is 0 Å². The molecule has 1 fully saturated rings. The molecule has 0 radical (unpaired) electrons. The first kappa shape index (κ1) is 10.1. The van der Waals surface area contributed by atoms with Gasteiger partial charge in [0.1, 0.15) is 0 Å². The third kappa shape index (κ3) is 1.81. The number of rotatable bonds is 1. The van der Waals surface area contributed by atoms with Gasteiger partial charge in [0, 0.05) is 0 Å². The van der Waals surface area contributed by atoms with Crippen LogP contribution in [0.3, 0.4) is 0 Å². The van der Waals surface area contributed by atoms with E-state index in [1.165, 1.54) is 19.3 Å². The van der Waals surface area contributed by atoms with Gasteiger partial charge in [-0.15, -0.1) is 6.58 Å². The monoisotopic (exact) mass is 212 g/mol. The largest absolute Gasteiger partial charge is 0.103 e. The Morgan fingerprint density at radius 3 is 1.75 bits per heavy atom. The minimum Gasteiger partial charge on any atom is -0.103 e. The van der Waals surface area contributed by atoms with Gasteiger partial charge in [0.05, 0.1) is 0 Å². The summed E-state index contributed by atoms with van der Waals surface area (Å²) in [6, 6.07) is 0. The molecule has 3 atom stereocenters. The zero-order valence-corrected chi connectivity index (χ0v) is 9.76. The van der Waals surface area contributed by atoms with E-state index in [9.17, 15) is 0 Å². The van der Waals surface area contributed by atoms with Gasteiger partial charge in [0.25, 0.3) is 0 Å². The summed E-state index contributed by atoms with van der Waals surface area (Å²) in [5.74, 6) is 4.18. The lowest BCUT2D eigenvalue weighted by Gasteiger charge is -2.11. The molecule has 0 aliphatic heterocycles. The Morgan fingerprint density at radius 2 is 1.50 bits per heavy atom. The Balaban J connectivity index is 0.000000104. The van der Waals surface area contributed by atoms with Crippen LogP contribution >= 0.6 is 0 Å². The first-order valence-corrected chi connectivity index (χ1v) is 6.52. The predicted molar refractivity (Wildman–Crippen MR) is 68.9 cm³/mol. The van der Waals surface area contributed by atoms with Gasteiger partial charge < -0.3 is 0 Å². The molecular formula is C16H20. The molecule has 0 saturated heterocycles. The molecule has 3 unspecified atom stereocenters. The van der Waals surface area contributed by atoms with Crippen LogP contribution in [0.1, 0.15) is 19.3 Å². The molecule has 0 N–H and O–H groups in total. The molecule has 84 valence electrons. The van der Waals surface area contributed by atoms with Crippen LogP contribution in [0.2, 0.25) is 0 Å². The van der Waals surface area contributed by atoms with Crippen molar-refractivity contribution in [1.82, 2.24) is 0 Å². The van der Waals surface area contributed by atoms with E-state index in [1.54, 1.807) is 0 Å². The van der Waals surface area contributed by atoms with Crippen molar-refractivity contribution in [2.75, 3.05) is 0 Å². The van der Waals surface area contributed by atoms with Crippen LogP contribution in [0.15, 0.2) is 49.1 Å². The summed E-state index contributed by atoms with van der Waals surface area (Å²) >= 11 is 0. The summed E-state index contributed by atoms with van der Waals surface area (Å²) < 4.78 is 0. The molecule has 0 amide bonds. The lowest BCUT2D eigenvalue weighted by Crippen LogP contribution is -2.01. The molecule has 1 saturated carbocycles. The van der Waals surface area contributed by atoms with Gasteiger partial charge >= 0.3 is 0 Å². The van der Waals surface area contributed by atoms with E-state index in [-0.39, 0.29) is 0 Å². The maximum absolute atomic E-state index is 3.83. The maximum Gasteiger partial charge on any atom is -0.00445 e. The van der Waals surface area contributed by atoms with Crippen LogP contribution < -0.4 is 0 Å². The van der Waals surface area contributed by atoms with Gasteiger partial charge in [-0.1, -0.05) is 42.5 Å². The highest BCUT2D eigenvalue weighted by Gasteiger charge is 2.33. The molecule has 4 bridgehead atoms. The maximum atomic E-state index is 3.83. The molecule has 0 aromatic carbocycles. The van der Waals surface area contributed by atoms with E-state index in [4.69, 9.17) is 0 Å². The summed E-state index contributed by atoms with van der Waals surface area (Å²) in [6.07, 6.45) is 20.2. The minimum atomic E-state index is 0.806. The summed E-state index contributed by atoms with van der Waals surface area (Å²) in [6.45, 7) is 3.83. The zero-order valence-electron chi connectivity index (χ0n) is 9.76. The predicted octanol–water partition coefficient (Wildman–Crippen LogP) is 4.13. The smallest absolute Gasteiger partial charge is 0.00445 e. The van der Waals surface area contributed by atoms with E-state index in [2.05, 4.69) is 49.1 Å². The first-order valence-electron chi connectivity index (χ1n) is 6.52. The fourth-order valence-electron chi connectivity index (χ4n) is 3.42. The van der Waals surface area contributed by atoms with Crippen LogP contribution in [0.4, 0.5) is 0 Å². The van der Waals surface area contributed by atoms with Crippen molar-refractivity contribution < 1.29 is 0 Å². The van der Waals surface area contributed by atoms with E-state index < -0.39 is 0 Å². The molecular weight excluding hydrogens is 192 g/mol. The Kier molecular flexibility index (Phi) is 2.59. The molecule has 4 aliphatic rings. The van der Waals surface area contributed by atoms with Crippen molar-refractivity contribution in [1.29, 1.82) is 0 Å². The highest BCUT2D eigenvalue weighted by Crippen LogP contribution is 2.43. The normalized spacial score (nSPS) is 44.9. The number of hydrogen-bond acceptors (Lipinski definition) is 0. The van der Waals surface area contributed by atoms with Crippen LogP contribution in [0.5, 0.6) is 0 Å². The fraction of sp³-hybridized carbons (Fsp3) is 0.500. The molecule has 16 heavy (non-hydrogen) atoms. The second-order valence-electron chi connectivity index (χ2n) is 5.51. The van der Waals surface area contributed by atoms with Crippen LogP contribution in [-0.4, -0.2) is 0 Å². The summed E-state index contributed by atoms with van der Waals surface area (Å²) in [4.78, 5) is 0. The molecule has 0 heteroatoms. The van der Waals surface area contributed by atoms with Gasteiger partial charge in [-0.05, 0) is 48.9 Å². The minimum absolute atomic E-state index is 0.806. The van der Waals surface area contributed by atoms with Crippen molar-refractivity contribution in [3.05, 3.63) is 49.1 Å². The second kappa shape index (κ2) is 4.08. The lowest BCUT2D eigenvalue weighted by atomic mass is 9.94. The van der Waals surface area contributed by atoms with Crippen molar-refractivity contribution in [3.8, 4) is 0 Å². The van der Waals surface area contributed by atoms with E-state index in [0.717, 1.165) is 29.6 Å². The Hall–Kier alpha value is -1.04. The first-order chi connectivity index (χ1) is 7.85. The van der Waals surface area contributed by atoms with E-state index in [1.807, 2.05) is 0 Å². The van der Waals surface area contributed by atoms with Crippen molar-refractivity contribution in [2.24, 2.45) is 29.6 Å². The Morgan fingerprint density at radius 1 is 0.812 bits per heavy atom. The second-order valence-corrected chi connectivity index (χ2v) is 5.51. The standard InChI is InChI=1S/C9H12.C7H8/c1-2-8-5-7-3-4-9(8)6-7;1-2-7-4-3-6(1)5-7/h2-4,7-9H,1,5-6H2;1-4,6-7H,5H2. The molecule has 0 nitrogen and oxygen atoms in total. The average Bonchev–Trinajstić information content (AvgIpc) is 3.09. The number of hydrogen-bond donors (Lipinski definition) is 0. The van der Waals surface area contributed by atoms with Crippen molar-refractivity contribution >= 4 is 0 Å². The van der Waals surface area contributed by atoms with Crippen molar-refractivity contribution in [2.45, 2.75) is 19.3 Å². The molecule has 4 aliphatic carbocycles. The number of fused-ring (bicyclic) bond motifs is 4. The van der Waals surface area contributed by atoms with Crippen LogP contribution in [-0.2, 0) is 0 Å². The van der Waals surface area contributed by atoms with Gasteiger partial charge in [0.15, 0.2) is 0 Å². The van der Waals surface area contributed by atoms with Gasteiger partial charge in [0.2, 0.25) is 0 Å². The highest BCUT2D eigenvalue weighted by molar-refractivity contribution is 5.21. The summed E-state index contributed by atoms with van der Waals surface area (Å²) in [7, 11) is 0. The van der Waals surface area contributed by atoms with E-state index in [0.29, 0.717) is 0 Å². The van der Waals surface area contributed by atoms with Crippen molar-refractivity contribution in [3.63, 3.8) is 0 Å². The molecule has 0 aromatic rings. The summed E-state index contributed by atoms with van der Waals surface area (Å²) in [5.41, 5.74) is 0. The topological polar surface area (TPSA) is 0 Å². The number of allylic oxidation sites excluding steroid dienone is 7. The molecule has 0 heterocycles. The van der Waals surface area contributed by atoms with Gasteiger partial charge in [-0.3, -0.25) is 0 Å². The third-order valence-electron chi connectivity index (χ3n) is 4.39. The molecule has 0 spiro atoms. The Labute approximate surface area is 98.4 Å².